The van der Waals surface area contributed by atoms with Crippen LogP contribution in [-0.2, 0) is 9.59 Å². The van der Waals surface area contributed by atoms with Gasteiger partial charge < -0.3 is 10.2 Å². The lowest BCUT2D eigenvalue weighted by Crippen LogP contribution is -2.17. The summed E-state index contributed by atoms with van der Waals surface area (Å²) in [5.41, 5.74) is -1.24. The van der Waals surface area contributed by atoms with E-state index < -0.39 is 23.3 Å². The van der Waals surface area contributed by atoms with Crippen LogP contribution in [0.15, 0.2) is 0 Å². The van der Waals surface area contributed by atoms with Gasteiger partial charge in [-0.3, -0.25) is 9.59 Å². The van der Waals surface area contributed by atoms with Crippen molar-refractivity contribution < 1.29 is 19.8 Å². The van der Waals surface area contributed by atoms with E-state index in [1.807, 2.05) is 0 Å². The zero-order valence-corrected chi connectivity index (χ0v) is 5.20. The monoisotopic (exact) mass is 143 g/mol. The summed E-state index contributed by atoms with van der Waals surface area (Å²) in [6.07, 6.45) is 0.150. The number of carbonyl (C=O) groups is 2. The summed E-state index contributed by atoms with van der Waals surface area (Å²) in [7, 11) is 0. The molecular weight excluding hydrogens is 136 g/mol. The minimum atomic E-state index is -1.24. The molecule has 0 spiro atoms. The molecule has 1 fully saturated rings. The molecule has 4 heteroatoms. The molecule has 0 amide bonds. The summed E-state index contributed by atoms with van der Waals surface area (Å²) < 4.78 is 0. The van der Waals surface area contributed by atoms with Crippen LogP contribution in [0.5, 0.6) is 0 Å². The lowest BCUT2D eigenvalue weighted by atomic mass is 10.1. The van der Waals surface area contributed by atoms with Crippen molar-refractivity contribution in [3.05, 3.63) is 6.92 Å². The van der Waals surface area contributed by atoms with Crippen LogP contribution < -0.4 is 0 Å². The molecule has 55 valence electrons. The molecule has 1 rings (SSSR count). The first kappa shape index (κ1) is 7.05. The van der Waals surface area contributed by atoms with Crippen LogP contribution >= 0.6 is 0 Å². The minimum Gasteiger partial charge on any atom is -0.481 e. The van der Waals surface area contributed by atoms with Crippen LogP contribution in [0, 0.1) is 18.3 Å². The Bertz CT molecular complexity index is 198. The van der Waals surface area contributed by atoms with E-state index in [0.717, 1.165) is 0 Å². The summed E-state index contributed by atoms with van der Waals surface area (Å²) in [4.78, 5) is 20.5. The van der Waals surface area contributed by atoms with Gasteiger partial charge in [-0.2, -0.15) is 0 Å². The summed E-state index contributed by atoms with van der Waals surface area (Å²) >= 11 is 0. The average molecular weight is 143 g/mol. The summed E-state index contributed by atoms with van der Waals surface area (Å²) in [5.74, 6) is -2.98. The molecule has 0 bridgehead atoms. The van der Waals surface area contributed by atoms with Crippen molar-refractivity contribution in [3.63, 3.8) is 0 Å². The number of rotatable bonds is 2. The van der Waals surface area contributed by atoms with Crippen molar-refractivity contribution in [2.45, 2.75) is 6.42 Å². The fraction of sp³-hybridized carbons (Fsp3) is 0.500. The molecule has 0 aliphatic heterocycles. The van der Waals surface area contributed by atoms with E-state index in [1.165, 1.54) is 0 Å². The number of carboxylic acids is 2. The van der Waals surface area contributed by atoms with Crippen molar-refractivity contribution in [1.82, 2.24) is 0 Å². The molecule has 0 aromatic heterocycles. The average Bonchev–Trinajstić information content (AvgIpc) is 2.43. The van der Waals surface area contributed by atoms with Crippen molar-refractivity contribution in [2.24, 2.45) is 11.3 Å². The van der Waals surface area contributed by atoms with Gasteiger partial charge in [-0.15, -0.1) is 0 Å². The number of hydrogen-bond acceptors (Lipinski definition) is 2. The normalized spacial score (nSPS) is 37.1. The van der Waals surface area contributed by atoms with Crippen molar-refractivity contribution in [3.8, 4) is 0 Å². The first-order valence-electron chi connectivity index (χ1n) is 2.80. The Hall–Kier alpha value is -1.06. The van der Waals surface area contributed by atoms with Crippen LogP contribution in [0.4, 0.5) is 0 Å². The fourth-order valence-electron chi connectivity index (χ4n) is 0.865. The Balaban J connectivity index is 2.65. The smallest absolute Gasteiger partial charge is 0.310 e. The van der Waals surface area contributed by atoms with E-state index in [4.69, 9.17) is 10.2 Å². The van der Waals surface area contributed by atoms with Crippen LogP contribution in [0.2, 0.25) is 0 Å². The topological polar surface area (TPSA) is 74.6 Å². The summed E-state index contributed by atoms with van der Waals surface area (Å²) in [6.45, 7) is 3.30. The van der Waals surface area contributed by atoms with Crippen LogP contribution in [0.3, 0.4) is 0 Å². The van der Waals surface area contributed by atoms with Crippen LogP contribution in [0.25, 0.3) is 0 Å². The van der Waals surface area contributed by atoms with E-state index in [9.17, 15) is 9.59 Å². The molecule has 0 aromatic carbocycles. The predicted octanol–water partition coefficient (Wildman–Crippen LogP) is -0.00401. The maximum atomic E-state index is 10.3. The van der Waals surface area contributed by atoms with Gasteiger partial charge in [-0.05, 0) is 13.3 Å². The van der Waals surface area contributed by atoms with Crippen molar-refractivity contribution in [1.29, 1.82) is 0 Å². The molecule has 1 radical (unpaired) electrons. The second-order valence-corrected chi connectivity index (χ2v) is 2.56. The zero-order chi connectivity index (χ0) is 7.94. The highest BCUT2D eigenvalue weighted by atomic mass is 16.4. The molecule has 2 unspecified atom stereocenters. The zero-order valence-electron chi connectivity index (χ0n) is 5.20. The van der Waals surface area contributed by atoms with Gasteiger partial charge in [0, 0.05) is 0 Å². The van der Waals surface area contributed by atoms with Gasteiger partial charge in [0.2, 0.25) is 0 Å². The third-order valence-electron chi connectivity index (χ3n) is 1.80. The molecule has 0 heterocycles. The molecule has 2 atom stereocenters. The second-order valence-electron chi connectivity index (χ2n) is 2.56. The SMILES string of the molecule is [CH2]C1(C(=O)O)CC1C(=O)O. The molecule has 1 saturated carbocycles. The first-order valence-corrected chi connectivity index (χ1v) is 2.80. The Morgan fingerprint density at radius 3 is 2.10 bits per heavy atom. The fourth-order valence-corrected chi connectivity index (χ4v) is 0.865. The van der Waals surface area contributed by atoms with E-state index in [2.05, 4.69) is 6.92 Å². The Kier molecular flexibility index (Phi) is 1.21. The maximum Gasteiger partial charge on any atom is 0.310 e. The third-order valence-corrected chi connectivity index (χ3v) is 1.80. The van der Waals surface area contributed by atoms with E-state index >= 15 is 0 Å². The van der Waals surface area contributed by atoms with E-state index in [1.54, 1.807) is 0 Å². The number of hydrogen-bond donors (Lipinski definition) is 2. The first-order chi connectivity index (χ1) is 4.48. The lowest BCUT2D eigenvalue weighted by molar-refractivity contribution is -0.147. The summed E-state index contributed by atoms with van der Waals surface area (Å²) in [5, 5.41) is 16.7. The molecule has 2 N–H and O–H groups in total. The van der Waals surface area contributed by atoms with Crippen LogP contribution in [0.1, 0.15) is 6.42 Å². The van der Waals surface area contributed by atoms with Gasteiger partial charge in [0.05, 0.1) is 11.3 Å². The van der Waals surface area contributed by atoms with Gasteiger partial charge in [-0.1, -0.05) is 0 Å². The molecule has 1 aliphatic rings. The van der Waals surface area contributed by atoms with E-state index in [0.29, 0.717) is 0 Å². The highest BCUT2D eigenvalue weighted by Crippen LogP contribution is 2.51. The molecule has 1 aliphatic carbocycles. The van der Waals surface area contributed by atoms with Crippen molar-refractivity contribution >= 4 is 11.9 Å². The van der Waals surface area contributed by atoms with Gasteiger partial charge in [0.25, 0.3) is 0 Å². The Morgan fingerprint density at radius 2 is 2.00 bits per heavy atom. The largest absolute Gasteiger partial charge is 0.481 e. The van der Waals surface area contributed by atoms with Crippen molar-refractivity contribution in [2.75, 3.05) is 0 Å². The molecule has 0 saturated heterocycles. The number of carboxylic acid groups (broad SMARTS) is 2. The van der Waals surface area contributed by atoms with Gasteiger partial charge in [0.1, 0.15) is 0 Å². The lowest BCUT2D eigenvalue weighted by Gasteiger charge is -1.98. The van der Waals surface area contributed by atoms with Gasteiger partial charge >= 0.3 is 11.9 Å². The standard InChI is InChI=1S/C6H7O4/c1-6(5(9)10)2-3(6)4(7)8/h3H,1-2H2,(H,7,8)(H,9,10). The highest BCUT2D eigenvalue weighted by Gasteiger charge is 2.60. The molecule has 4 nitrogen and oxygen atoms in total. The van der Waals surface area contributed by atoms with Crippen LogP contribution in [-0.4, -0.2) is 22.2 Å². The molecule has 10 heavy (non-hydrogen) atoms. The molecule has 0 aromatic rings. The molecular formula is C6H7O4. The minimum absolute atomic E-state index is 0.150. The van der Waals surface area contributed by atoms with E-state index in [-0.39, 0.29) is 6.42 Å². The third kappa shape index (κ3) is 0.761. The second kappa shape index (κ2) is 1.71. The predicted molar refractivity (Wildman–Crippen MR) is 31.2 cm³/mol. The highest BCUT2D eigenvalue weighted by molar-refractivity contribution is 5.89. The summed E-state index contributed by atoms with van der Waals surface area (Å²) in [6, 6.07) is 0. The number of aliphatic carboxylic acids is 2. The Labute approximate surface area is 57.5 Å². The van der Waals surface area contributed by atoms with Gasteiger partial charge in [0.15, 0.2) is 0 Å². The quantitative estimate of drug-likeness (QED) is 0.570. The Morgan fingerprint density at radius 1 is 1.50 bits per heavy atom. The maximum absolute atomic E-state index is 10.3. The van der Waals surface area contributed by atoms with Gasteiger partial charge in [-0.25, -0.2) is 0 Å².